The fourth-order valence-corrected chi connectivity index (χ4v) is 4.18. The zero-order chi connectivity index (χ0) is 20.6. The highest BCUT2D eigenvalue weighted by molar-refractivity contribution is 6.01. The lowest BCUT2D eigenvalue weighted by Gasteiger charge is -2.30. The largest absolute Gasteiger partial charge is 0.348 e. The summed E-state index contributed by atoms with van der Waals surface area (Å²) in [4.78, 5) is 29.8. The van der Waals surface area contributed by atoms with Gasteiger partial charge in [-0.3, -0.25) is 14.7 Å². The summed E-state index contributed by atoms with van der Waals surface area (Å²) in [5, 5.41) is 9.55. The molecule has 1 unspecified atom stereocenters. The molecule has 1 aliphatic rings. The third-order valence-electron chi connectivity index (χ3n) is 5.43. The second-order valence-electron chi connectivity index (χ2n) is 9.17. The molecule has 152 valence electrons. The summed E-state index contributed by atoms with van der Waals surface area (Å²) in [6.07, 6.45) is 3.00. The Labute approximate surface area is 166 Å². The van der Waals surface area contributed by atoms with Crippen LogP contribution < -0.4 is 5.32 Å². The van der Waals surface area contributed by atoms with Gasteiger partial charge in [0.15, 0.2) is 5.78 Å². The molecule has 0 fully saturated rings. The Hall–Kier alpha value is -2.44. The average molecular weight is 386 g/mol. The van der Waals surface area contributed by atoms with E-state index in [2.05, 4.69) is 52.8 Å². The van der Waals surface area contributed by atoms with Gasteiger partial charge >= 0.3 is 0 Å². The van der Waals surface area contributed by atoms with Crippen LogP contribution in [0.15, 0.2) is 6.33 Å². The van der Waals surface area contributed by atoms with Gasteiger partial charge in [0.1, 0.15) is 12.2 Å². The number of nitrogens with one attached hydrogen (secondary N) is 2. The van der Waals surface area contributed by atoms with Crippen LogP contribution in [0.2, 0.25) is 0 Å². The van der Waals surface area contributed by atoms with E-state index in [1.165, 1.54) is 6.33 Å². The Balaban J connectivity index is 1.91. The zero-order valence-corrected chi connectivity index (χ0v) is 17.7. The Bertz CT molecular complexity index is 877. The second-order valence-corrected chi connectivity index (χ2v) is 9.17. The van der Waals surface area contributed by atoms with Crippen LogP contribution >= 0.6 is 0 Å². The van der Waals surface area contributed by atoms with Crippen LogP contribution in [0.25, 0.3) is 0 Å². The van der Waals surface area contributed by atoms with Crippen LogP contribution in [-0.4, -0.2) is 31.4 Å². The zero-order valence-electron chi connectivity index (χ0n) is 17.7. The first kappa shape index (κ1) is 20.3. The normalized spacial score (nSPS) is 16.9. The van der Waals surface area contributed by atoms with Gasteiger partial charge in [0, 0.05) is 29.9 Å². The summed E-state index contributed by atoms with van der Waals surface area (Å²) in [6.45, 7) is 13.4. The first-order valence-electron chi connectivity index (χ1n) is 9.97. The van der Waals surface area contributed by atoms with E-state index < -0.39 is 0 Å². The number of Topliss-reactive ketones (excluding diaryl/α,β-unsaturated/α-hetero) is 1. The van der Waals surface area contributed by atoms with Crippen molar-refractivity contribution < 1.29 is 9.59 Å². The Morgan fingerprint density at radius 3 is 2.64 bits per heavy atom. The Morgan fingerprint density at radius 2 is 2.04 bits per heavy atom. The number of hydrogen-bond donors (Lipinski definition) is 2. The van der Waals surface area contributed by atoms with Gasteiger partial charge in [0.25, 0.3) is 0 Å². The number of amides is 1. The van der Waals surface area contributed by atoms with E-state index in [1.54, 1.807) is 0 Å². The van der Waals surface area contributed by atoms with E-state index in [0.717, 1.165) is 35.5 Å². The molecule has 0 saturated carbocycles. The molecule has 28 heavy (non-hydrogen) atoms. The number of hydrogen-bond acceptors (Lipinski definition) is 4. The van der Waals surface area contributed by atoms with E-state index in [-0.39, 0.29) is 29.6 Å². The van der Waals surface area contributed by atoms with Crippen molar-refractivity contribution in [2.75, 3.05) is 0 Å². The molecular weight excluding hydrogens is 354 g/mol. The Kier molecular flexibility index (Phi) is 5.46. The molecule has 7 heteroatoms. The van der Waals surface area contributed by atoms with Crippen molar-refractivity contribution in [3.63, 3.8) is 0 Å². The van der Waals surface area contributed by atoms with Crippen molar-refractivity contribution in [3.8, 4) is 0 Å². The van der Waals surface area contributed by atoms with Crippen molar-refractivity contribution in [2.24, 2.45) is 11.3 Å². The molecule has 1 amide bonds. The lowest BCUT2D eigenvalue weighted by atomic mass is 9.75. The average Bonchev–Trinajstić information content (AvgIpc) is 3.17. The molecule has 0 saturated heterocycles. The van der Waals surface area contributed by atoms with Crippen molar-refractivity contribution in [1.29, 1.82) is 0 Å². The number of aromatic amines is 1. The van der Waals surface area contributed by atoms with E-state index in [9.17, 15) is 9.59 Å². The summed E-state index contributed by atoms with van der Waals surface area (Å²) in [5.41, 5.74) is 3.73. The number of nitrogens with zero attached hydrogens (tertiary/aromatic N) is 3. The molecule has 1 aliphatic carbocycles. The van der Waals surface area contributed by atoms with Crippen LogP contribution in [0, 0.1) is 18.3 Å². The monoisotopic (exact) mass is 385 g/mol. The van der Waals surface area contributed by atoms with Crippen LogP contribution in [0.3, 0.4) is 0 Å². The van der Waals surface area contributed by atoms with Crippen molar-refractivity contribution in [2.45, 2.75) is 73.4 Å². The minimum absolute atomic E-state index is 0.0517. The van der Waals surface area contributed by atoms with E-state index in [0.29, 0.717) is 18.2 Å². The minimum Gasteiger partial charge on any atom is -0.348 e. The second kappa shape index (κ2) is 7.53. The third-order valence-corrected chi connectivity index (χ3v) is 5.43. The van der Waals surface area contributed by atoms with Crippen LogP contribution in [0.5, 0.6) is 0 Å². The molecule has 2 heterocycles. The lowest BCUT2D eigenvalue weighted by molar-refractivity contribution is -0.121. The highest BCUT2D eigenvalue weighted by Crippen LogP contribution is 2.39. The van der Waals surface area contributed by atoms with Gasteiger partial charge in [-0.25, -0.2) is 4.98 Å². The van der Waals surface area contributed by atoms with Crippen molar-refractivity contribution in [3.05, 3.63) is 34.7 Å². The number of ketones is 1. The lowest BCUT2D eigenvalue weighted by Crippen LogP contribution is -2.31. The molecule has 0 radical (unpaired) electrons. The maximum atomic E-state index is 13.0. The molecule has 0 spiro atoms. The van der Waals surface area contributed by atoms with Gasteiger partial charge in [-0.2, -0.15) is 5.10 Å². The fraction of sp³-hybridized carbons (Fsp3) is 0.619. The van der Waals surface area contributed by atoms with E-state index in [1.807, 2.05) is 13.8 Å². The van der Waals surface area contributed by atoms with Gasteiger partial charge < -0.3 is 9.88 Å². The number of fused-ring (bicyclic) bond motifs is 1. The van der Waals surface area contributed by atoms with Gasteiger partial charge in [-0.05, 0) is 37.2 Å². The molecule has 2 N–H and O–H groups in total. The van der Waals surface area contributed by atoms with Crippen LogP contribution in [-0.2, 0) is 24.2 Å². The molecule has 2 aromatic rings. The summed E-state index contributed by atoms with van der Waals surface area (Å²) in [5.74, 6) is 1.11. The van der Waals surface area contributed by atoms with Gasteiger partial charge in [0.2, 0.25) is 5.91 Å². The van der Waals surface area contributed by atoms with Crippen molar-refractivity contribution in [1.82, 2.24) is 25.1 Å². The number of aromatic nitrogens is 4. The van der Waals surface area contributed by atoms with E-state index >= 15 is 0 Å². The highest BCUT2D eigenvalue weighted by atomic mass is 16.1. The van der Waals surface area contributed by atoms with E-state index in [4.69, 9.17) is 0 Å². The summed E-state index contributed by atoms with van der Waals surface area (Å²) >= 11 is 0. The predicted molar refractivity (Wildman–Crippen MR) is 107 cm³/mol. The van der Waals surface area contributed by atoms with Gasteiger partial charge in [0.05, 0.1) is 12.5 Å². The molecule has 0 bridgehead atoms. The highest BCUT2D eigenvalue weighted by Gasteiger charge is 2.37. The maximum Gasteiger partial charge on any atom is 0.225 e. The molecule has 7 nitrogen and oxygen atoms in total. The number of carbonyl (C=O) groups excluding carboxylic acids is 2. The van der Waals surface area contributed by atoms with Crippen molar-refractivity contribution >= 4 is 11.7 Å². The Morgan fingerprint density at radius 1 is 1.32 bits per heavy atom. The van der Waals surface area contributed by atoms with Gasteiger partial charge in [-0.1, -0.05) is 27.7 Å². The molecule has 0 aliphatic heterocycles. The quantitative estimate of drug-likeness (QED) is 0.799. The van der Waals surface area contributed by atoms with Crippen LogP contribution in [0.1, 0.15) is 80.2 Å². The predicted octanol–water partition coefficient (Wildman–Crippen LogP) is 3.15. The first-order chi connectivity index (χ1) is 13.1. The number of rotatable bonds is 6. The standard InChI is InChI=1S/C21H31N5O2/c1-12(2)10-26-14(4)15(19-16(26)8-21(5,6)9-17(19)27)7-18(28)24-13(3)20-22-11-23-25-20/h11-13H,7-10H2,1-6H3,(H,24,28)(H,22,23,25). The summed E-state index contributed by atoms with van der Waals surface area (Å²) in [7, 11) is 0. The molecule has 3 rings (SSSR count). The molecular formula is C21H31N5O2. The topological polar surface area (TPSA) is 92.7 Å². The van der Waals surface area contributed by atoms with Gasteiger partial charge in [-0.15, -0.1) is 0 Å². The third kappa shape index (κ3) is 4.03. The van der Waals surface area contributed by atoms with Crippen LogP contribution in [0.4, 0.5) is 0 Å². The fourth-order valence-electron chi connectivity index (χ4n) is 4.18. The summed E-state index contributed by atoms with van der Waals surface area (Å²) in [6, 6.07) is -0.265. The minimum atomic E-state index is -0.265. The number of H-pyrrole nitrogens is 1. The smallest absolute Gasteiger partial charge is 0.225 e. The summed E-state index contributed by atoms with van der Waals surface area (Å²) < 4.78 is 2.27. The SMILES string of the molecule is Cc1c(CC(=O)NC(C)c2ncn[nH]2)c2c(n1CC(C)C)CC(C)(C)CC2=O. The molecule has 2 aromatic heterocycles. The molecule has 0 aromatic carbocycles. The number of carbonyl (C=O) groups is 2. The first-order valence-corrected chi connectivity index (χ1v) is 9.97. The molecule has 1 atom stereocenters. The maximum absolute atomic E-state index is 13.0.